The van der Waals surface area contributed by atoms with Gasteiger partial charge in [0, 0.05) is 0 Å². The van der Waals surface area contributed by atoms with Crippen molar-refractivity contribution >= 4 is 11.7 Å². The number of aromatic hydroxyl groups is 1. The number of hydrogen-bond donors (Lipinski definition) is 2. The number of ether oxygens (including phenoxy) is 2. The Kier molecular flexibility index (Phi) is 3.04. The Morgan fingerprint density at radius 2 is 2.07 bits per heavy atom. The lowest BCUT2D eigenvalue weighted by atomic mass is 10.1. The van der Waals surface area contributed by atoms with Gasteiger partial charge in [0.15, 0.2) is 5.75 Å². The van der Waals surface area contributed by atoms with Crippen LogP contribution in [-0.2, 0) is 4.74 Å². The molecule has 1 aromatic rings. The number of phenolic OH excluding ortho intramolecular Hbond substituents is 1. The number of rotatable bonds is 2. The van der Waals surface area contributed by atoms with Crippen LogP contribution in [0.5, 0.6) is 11.5 Å². The van der Waals surface area contributed by atoms with Gasteiger partial charge in [0.2, 0.25) is 0 Å². The molecule has 0 bridgehead atoms. The molecule has 0 radical (unpaired) electrons. The summed E-state index contributed by atoms with van der Waals surface area (Å²) in [4.78, 5) is 11.3. The summed E-state index contributed by atoms with van der Waals surface area (Å²) in [6.45, 7) is 1.72. The average molecular weight is 211 g/mol. The van der Waals surface area contributed by atoms with Crippen LogP contribution in [0.4, 0.5) is 5.69 Å². The van der Waals surface area contributed by atoms with Gasteiger partial charge in [0.25, 0.3) is 0 Å². The standard InChI is InChI=1S/C10H13NO4/c1-5-4-6(10(13)15-3)8(12)7(11)9(5)14-2/h4,12H,11H2,1-3H3. The van der Waals surface area contributed by atoms with Crippen LogP contribution in [0.2, 0.25) is 0 Å². The molecule has 5 nitrogen and oxygen atoms in total. The molecule has 1 rings (SSSR count). The van der Waals surface area contributed by atoms with Crippen LogP contribution in [0.25, 0.3) is 0 Å². The highest BCUT2D eigenvalue weighted by Gasteiger charge is 2.19. The van der Waals surface area contributed by atoms with Gasteiger partial charge < -0.3 is 20.3 Å². The van der Waals surface area contributed by atoms with Crippen LogP contribution in [0.15, 0.2) is 6.07 Å². The Hall–Kier alpha value is -1.91. The highest BCUT2D eigenvalue weighted by atomic mass is 16.5. The summed E-state index contributed by atoms with van der Waals surface area (Å²) in [7, 11) is 2.67. The molecular formula is C10H13NO4. The summed E-state index contributed by atoms with van der Waals surface area (Å²) in [6.07, 6.45) is 0. The van der Waals surface area contributed by atoms with Crippen molar-refractivity contribution in [3.63, 3.8) is 0 Å². The summed E-state index contributed by atoms with van der Waals surface area (Å²) >= 11 is 0. The van der Waals surface area contributed by atoms with E-state index in [1.165, 1.54) is 20.3 Å². The lowest BCUT2D eigenvalue weighted by molar-refractivity contribution is 0.0597. The predicted molar refractivity (Wildman–Crippen MR) is 55.1 cm³/mol. The number of anilines is 1. The van der Waals surface area contributed by atoms with Crippen LogP contribution >= 0.6 is 0 Å². The Bertz CT molecular complexity index is 401. The summed E-state index contributed by atoms with van der Waals surface area (Å²) < 4.78 is 9.49. The summed E-state index contributed by atoms with van der Waals surface area (Å²) in [5, 5.41) is 9.63. The molecule has 0 aliphatic carbocycles. The molecule has 0 fully saturated rings. The molecular weight excluding hydrogens is 198 g/mol. The van der Waals surface area contributed by atoms with Gasteiger partial charge in [-0.05, 0) is 18.6 Å². The molecule has 0 heterocycles. The summed E-state index contributed by atoms with van der Waals surface area (Å²) in [6, 6.07) is 1.47. The Labute approximate surface area is 87.4 Å². The summed E-state index contributed by atoms with van der Waals surface area (Å²) in [5.74, 6) is -0.589. The monoisotopic (exact) mass is 211 g/mol. The molecule has 15 heavy (non-hydrogen) atoms. The molecule has 0 saturated carbocycles. The maximum Gasteiger partial charge on any atom is 0.341 e. The number of hydrogen-bond acceptors (Lipinski definition) is 5. The minimum absolute atomic E-state index is 0.0355. The number of nitrogens with two attached hydrogens (primary N) is 1. The van der Waals surface area contributed by atoms with Gasteiger partial charge in [-0.1, -0.05) is 0 Å². The van der Waals surface area contributed by atoms with E-state index in [-0.39, 0.29) is 17.0 Å². The van der Waals surface area contributed by atoms with E-state index in [1.807, 2.05) is 0 Å². The van der Waals surface area contributed by atoms with Crippen LogP contribution < -0.4 is 10.5 Å². The first-order chi connectivity index (χ1) is 7.02. The second kappa shape index (κ2) is 4.08. The SMILES string of the molecule is COC(=O)c1cc(C)c(OC)c(N)c1O. The normalized spacial score (nSPS) is 9.80. The molecule has 0 aliphatic rings. The van der Waals surface area contributed by atoms with Gasteiger partial charge in [-0.2, -0.15) is 0 Å². The van der Waals surface area contributed by atoms with Gasteiger partial charge in [-0.3, -0.25) is 0 Å². The smallest absolute Gasteiger partial charge is 0.341 e. The van der Waals surface area contributed by atoms with Crippen molar-refractivity contribution in [1.29, 1.82) is 0 Å². The van der Waals surface area contributed by atoms with Gasteiger partial charge in [0.1, 0.15) is 17.0 Å². The van der Waals surface area contributed by atoms with E-state index in [1.54, 1.807) is 6.92 Å². The van der Waals surface area contributed by atoms with Gasteiger partial charge in [-0.15, -0.1) is 0 Å². The number of esters is 1. The molecule has 0 aliphatic heterocycles. The zero-order chi connectivity index (χ0) is 11.6. The number of aryl methyl sites for hydroxylation is 1. The second-order valence-electron chi connectivity index (χ2n) is 3.03. The molecule has 0 saturated heterocycles. The first-order valence-corrected chi connectivity index (χ1v) is 4.27. The van der Waals surface area contributed by atoms with Crippen LogP contribution in [0.1, 0.15) is 15.9 Å². The molecule has 1 aromatic carbocycles. The fourth-order valence-corrected chi connectivity index (χ4v) is 1.35. The maximum atomic E-state index is 11.3. The molecule has 82 valence electrons. The lowest BCUT2D eigenvalue weighted by Crippen LogP contribution is -2.05. The number of benzene rings is 1. The van der Waals surface area contributed by atoms with Crippen LogP contribution in [0.3, 0.4) is 0 Å². The Morgan fingerprint density at radius 3 is 2.53 bits per heavy atom. The van der Waals surface area contributed by atoms with Crippen molar-refractivity contribution < 1.29 is 19.4 Å². The second-order valence-corrected chi connectivity index (χ2v) is 3.03. The average Bonchev–Trinajstić information content (AvgIpc) is 2.23. The van der Waals surface area contributed by atoms with Gasteiger partial charge in [-0.25, -0.2) is 4.79 Å². The molecule has 0 atom stereocenters. The Balaban J connectivity index is 3.40. The van der Waals surface area contributed by atoms with Crippen LogP contribution in [0, 0.1) is 6.92 Å². The topological polar surface area (TPSA) is 81.8 Å². The molecule has 0 amide bonds. The van der Waals surface area contributed by atoms with E-state index >= 15 is 0 Å². The van der Waals surface area contributed by atoms with Crippen molar-refractivity contribution in [3.8, 4) is 11.5 Å². The van der Waals surface area contributed by atoms with E-state index < -0.39 is 5.97 Å². The number of carbonyl (C=O) groups excluding carboxylic acids is 1. The molecule has 3 N–H and O–H groups in total. The van der Waals surface area contributed by atoms with Crippen LogP contribution in [-0.4, -0.2) is 25.3 Å². The predicted octanol–water partition coefficient (Wildman–Crippen LogP) is 1.08. The highest BCUT2D eigenvalue weighted by Crippen LogP contribution is 2.37. The Morgan fingerprint density at radius 1 is 1.47 bits per heavy atom. The van der Waals surface area contributed by atoms with E-state index in [4.69, 9.17) is 10.5 Å². The van der Waals surface area contributed by atoms with Crippen molar-refractivity contribution in [2.45, 2.75) is 6.92 Å². The van der Waals surface area contributed by atoms with E-state index in [0.29, 0.717) is 11.3 Å². The molecule has 0 unspecified atom stereocenters. The zero-order valence-electron chi connectivity index (χ0n) is 8.83. The van der Waals surface area contributed by atoms with E-state index in [2.05, 4.69) is 4.74 Å². The number of methoxy groups -OCH3 is 2. The van der Waals surface area contributed by atoms with Gasteiger partial charge in [0.05, 0.1) is 14.2 Å². The largest absolute Gasteiger partial charge is 0.505 e. The van der Waals surface area contributed by atoms with Crippen molar-refractivity contribution in [2.24, 2.45) is 0 Å². The number of nitrogen functional groups attached to an aromatic ring is 1. The first-order valence-electron chi connectivity index (χ1n) is 4.27. The first kappa shape index (κ1) is 11.2. The molecule has 5 heteroatoms. The number of carbonyl (C=O) groups is 1. The highest BCUT2D eigenvalue weighted by molar-refractivity contribution is 5.95. The maximum absolute atomic E-state index is 11.3. The third kappa shape index (κ3) is 1.81. The number of phenols is 1. The third-order valence-electron chi connectivity index (χ3n) is 2.08. The van der Waals surface area contributed by atoms with E-state index in [0.717, 1.165) is 0 Å². The van der Waals surface area contributed by atoms with Crippen molar-refractivity contribution in [1.82, 2.24) is 0 Å². The summed E-state index contributed by atoms with van der Waals surface area (Å²) in [5.41, 5.74) is 6.34. The van der Waals surface area contributed by atoms with Crippen molar-refractivity contribution in [2.75, 3.05) is 20.0 Å². The minimum Gasteiger partial charge on any atom is -0.505 e. The molecule has 0 spiro atoms. The lowest BCUT2D eigenvalue weighted by Gasteiger charge is -2.12. The quantitative estimate of drug-likeness (QED) is 0.434. The fraction of sp³-hybridized carbons (Fsp3) is 0.300. The fourth-order valence-electron chi connectivity index (χ4n) is 1.35. The van der Waals surface area contributed by atoms with E-state index in [9.17, 15) is 9.90 Å². The van der Waals surface area contributed by atoms with Gasteiger partial charge >= 0.3 is 5.97 Å². The minimum atomic E-state index is -0.634. The third-order valence-corrected chi connectivity index (χ3v) is 2.08. The zero-order valence-corrected chi connectivity index (χ0v) is 8.83. The molecule has 0 aromatic heterocycles. The van der Waals surface area contributed by atoms with Crippen molar-refractivity contribution in [3.05, 3.63) is 17.2 Å².